The summed E-state index contributed by atoms with van der Waals surface area (Å²) in [5, 5.41) is 9.89. The van der Waals surface area contributed by atoms with Gasteiger partial charge < -0.3 is 14.7 Å². The normalized spacial score (nSPS) is 15.8. The summed E-state index contributed by atoms with van der Waals surface area (Å²) in [7, 11) is 1.55. The number of ether oxygens (including phenoxy) is 1. The molecular weight excluding hydrogens is 342 g/mol. The molecule has 6 heteroatoms. The summed E-state index contributed by atoms with van der Waals surface area (Å²) in [4.78, 5) is 25.6. The molecule has 2 aromatic rings. The lowest BCUT2D eigenvalue weighted by Crippen LogP contribution is -2.31. The number of carboxylic acid groups (broad SMARTS) is 1. The SMILES string of the molecule is COc1ccc(CCC(=O)N2CC(C(=O)O)c3ccccc32)cc1Cl. The van der Waals surface area contributed by atoms with Crippen LogP contribution in [-0.4, -0.2) is 30.6 Å². The summed E-state index contributed by atoms with van der Waals surface area (Å²) in [6.45, 7) is 0.177. The Bertz CT molecular complexity index is 821. The quantitative estimate of drug-likeness (QED) is 0.887. The molecule has 1 unspecified atom stereocenters. The molecule has 0 saturated carbocycles. The number of methoxy groups -OCH3 is 1. The molecule has 0 aliphatic carbocycles. The van der Waals surface area contributed by atoms with E-state index < -0.39 is 11.9 Å². The smallest absolute Gasteiger partial charge is 0.312 e. The number of carbonyl (C=O) groups excluding carboxylic acids is 1. The first kappa shape index (κ1) is 17.3. The maximum atomic E-state index is 12.6. The van der Waals surface area contributed by atoms with E-state index >= 15 is 0 Å². The summed E-state index contributed by atoms with van der Waals surface area (Å²) in [6.07, 6.45) is 0.808. The van der Waals surface area contributed by atoms with Crippen LogP contribution in [0.5, 0.6) is 5.75 Å². The average molecular weight is 360 g/mol. The number of carboxylic acids is 1. The first-order valence-corrected chi connectivity index (χ1v) is 8.33. The van der Waals surface area contributed by atoms with Crippen LogP contribution in [0.1, 0.15) is 23.5 Å². The van der Waals surface area contributed by atoms with Crippen molar-refractivity contribution in [1.29, 1.82) is 0 Å². The fourth-order valence-electron chi connectivity index (χ4n) is 3.11. The van der Waals surface area contributed by atoms with Crippen LogP contribution in [0, 0.1) is 0 Å². The fourth-order valence-corrected chi connectivity index (χ4v) is 3.39. The second-order valence-corrected chi connectivity index (χ2v) is 6.33. The van der Waals surface area contributed by atoms with E-state index in [1.165, 1.54) is 0 Å². The number of para-hydroxylation sites is 1. The third-order valence-corrected chi connectivity index (χ3v) is 4.71. The van der Waals surface area contributed by atoms with Gasteiger partial charge in [0.05, 0.1) is 12.1 Å². The van der Waals surface area contributed by atoms with Crippen molar-refractivity contribution in [2.45, 2.75) is 18.8 Å². The fraction of sp³-hybridized carbons (Fsp3) is 0.263. The average Bonchev–Trinajstić information content (AvgIpc) is 3.00. The van der Waals surface area contributed by atoms with Crippen molar-refractivity contribution in [3.8, 4) is 5.75 Å². The lowest BCUT2D eigenvalue weighted by Gasteiger charge is -2.17. The Kier molecular flexibility index (Phi) is 4.95. The number of hydrogen-bond donors (Lipinski definition) is 1. The summed E-state index contributed by atoms with van der Waals surface area (Å²) in [6, 6.07) is 12.6. The highest BCUT2D eigenvalue weighted by atomic mass is 35.5. The minimum Gasteiger partial charge on any atom is -0.495 e. The monoisotopic (exact) mass is 359 g/mol. The van der Waals surface area contributed by atoms with E-state index in [1.807, 2.05) is 12.1 Å². The van der Waals surface area contributed by atoms with Crippen molar-refractivity contribution in [1.82, 2.24) is 0 Å². The molecule has 5 nitrogen and oxygen atoms in total. The molecule has 1 atom stereocenters. The van der Waals surface area contributed by atoms with Crippen LogP contribution in [0.4, 0.5) is 5.69 Å². The number of aliphatic carboxylic acids is 1. The van der Waals surface area contributed by atoms with Crippen LogP contribution < -0.4 is 9.64 Å². The van der Waals surface area contributed by atoms with Gasteiger partial charge in [0.2, 0.25) is 5.91 Å². The Balaban J connectivity index is 1.72. The zero-order chi connectivity index (χ0) is 18.0. The summed E-state index contributed by atoms with van der Waals surface area (Å²) in [5.41, 5.74) is 2.31. The molecule has 1 amide bonds. The predicted molar refractivity (Wildman–Crippen MR) is 95.5 cm³/mol. The Morgan fingerprint density at radius 2 is 2.04 bits per heavy atom. The molecule has 2 aromatic carbocycles. The highest BCUT2D eigenvalue weighted by Crippen LogP contribution is 2.36. The van der Waals surface area contributed by atoms with Crippen LogP contribution in [0.15, 0.2) is 42.5 Å². The molecule has 0 radical (unpaired) electrons. The van der Waals surface area contributed by atoms with Gasteiger partial charge in [0.25, 0.3) is 0 Å². The van der Waals surface area contributed by atoms with Crippen LogP contribution in [0.25, 0.3) is 0 Å². The number of anilines is 1. The molecule has 1 N–H and O–H groups in total. The molecular formula is C19H18ClNO4. The molecule has 25 heavy (non-hydrogen) atoms. The number of carbonyl (C=O) groups is 2. The molecule has 1 aliphatic heterocycles. The highest BCUT2D eigenvalue weighted by Gasteiger charge is 2.35. The van der Waals surface area contributed by atoms with Crippen molar-refractivity contribution in [2.24, 2.45) is 0 Å². The number of amides is 1. The third-order valence-electron chi connectivity index (χ3n) is 4.41. The topological polar surface area (TPSA) is 66.8 Å². The Hall–Kier alpha value is -2.53. The number of halogens is 1. The van der Waals surface area contributed by atoms with Gasteiger partial charge in [-0.05, 0) is 35.7 Å². The molecule has 1 heterocycles. The zero-order valence-corrected chi connectivity index (χ0v) is 14.5. The lowest BCUT2D eigenvalue weighted by molar-refractivity contribution is -0.138. The number of hydrogen-bond acceptors (Lipinski definition) is 3. The van der Waals surface area contributed by atoms with Gasteiger partial charge in [-0.2, -0.15) is 0 Å². The van der Waals surface area contributed by atoms with E-state index in [2.05, 4.69) is 0 Å². The van der Waals surface area contributed by atoms with Gasteiger partial charge in [0.15, 0.2) is 0 Å². The summed E-state index contributed by atoms with van der Waals surface area (Å²) in [5.74, 6) is -1.09. The number of nitrogens with zero attached hydrogens (tertiary/aromatic N) is 1. The second-order valence-electron chi connectivity index (χ2n) is 5.92. The van der Waals surface area contributed by atoms with Gasteiger partial charge in [-0.3, -0.25) is 9.59 Å². The second kappa shape index (κ2) is 7.15. The van der Waals surface area contributed by atoms with Crippen molar-refractivity contribution >= 4 is 29.2 Å². The van der Waals surface area contributed by atoms with E-state index in [0.717, 1.165) is 5.56 Å². The van der Waals surface area contributed by atoms with Crippen molar-refractivity contribution in [2.75, 3.05) is 18.6 Å². The number of aryl methyl sites for hydroxylation is 1. The van der Waals surface area contributed by atoms with Crippen LogP contribution in [0.2, 0.25) is 5.02 Å². The number of benzene rings is 2. The Morgan fingerprint density at radius 3 is 2.72 bits per heavy atom. The van der Waals surface area contributed by atoms with Gasteiger partial charge in [-0.15, -0.1) is 0 Å². The van der Waals surface area contributed by atoms with Crippen LogP contribution in [0.3, 0.4) is 0 Å². The van der Waals surface area contributed by atoms with Gasteiger partial charge in [-0.25, -0.2) is 0 Å². The number of fused-ring (bicyclic) bond motifs is 1. The van der Waals surface area contributed by atoms with E-state index in [1.54, 1.807) is 42.3 Å². The molecule has 0 saturated heterocycles. The predicted octanol–water partition coefficient (Wildman–Crippen LogP) is 3.50. The van der Waals surface area contributed by atoms with Crippen LogP contribution >= 0.6 is 11.6 Å². The molecule has 3 rings (SSSR count). The van der Waals surface area contributed by atoms with E-state index in [4.69, 9.17) is 16.3 Å². The van der Waals surface area contributed by atoms with Crippen molar-refractivity contribution < 1.29 is 19.4 Å². The van der Waals surface area contributed by atoms with Gasteiger partial charge >= 0.3 is 5.97 Å². The van der Waals surface area contributed by atoms with Crippen LogP contribution in [-0.2, 0) is 16.0 Å². The highest BCUT2D eigenvalue weighted by molar-refractivity contribution is 6.32. The minimum absolute atomic E-state index is 0.0943. The molecule has 0 aromatic heterocycles. The molecule has 1 aliphatic rings. The standard InChI is InChI=1S/C19H18ClNO4/c1-25-17-8-6-12(10-15(17)20)7-9-18(22)21-11-14(19(23)24)13-4-2-3-5-16(13)21/h2-6,8,10,14H,7,9,11H2,1H3,(H,23,24). The van der Waals surface area contributed by atoms with Gasteiger partial charge in [0.1, 0.15) is 11.7 Å². The maximum absolute atomic E-state index is 12.6. The van der Waals surface area contributed by atoms with Crippen molar-refractivity contribution in [3.05, 3.63) is 58.6 Å². The third kappa shape index (κ3) is 3.46. The Morgan fingerprint density at radius 1 is 1.28 bits per heavy atom. The molecule has 130 valence electrons. The van der Waals surface area contributed by atoms with E-state index in [9.17, 15) is 14.7 Å². The van der Waals surface area contributed by atoms with E-state index in [0.29, 0.717) is 28.4 Å². The largest absolute Gasteiger partial charge is 0.495 e. The molecule has 0 fully saturated rings. The summed E-state index contributed by atoms with van der Waals surface area (Å²) >= 11 is 6.11. The minimum atomic E-state index is -0.912. The van der Waals surface area contributed by atoms with Gasteiger partial charge in [0, 0.05) is 18.7 Å². The van der Waals surface area contributed by atoms with Crippen molar-refractivity contribution in [3.63, 3.8) is 0 Å². The maximum Gasteiger partial charge on any atom is 0.312 e. The first-order chi connectivity index (χ1) is 12.0. The molecule has 0 bridgehead atoms. The first-order valence-electron chi connectivity index (χ1n) is 7.95. The number of rotatable bonds is 5. The van der Waals surface area contributed by atoms with Gasteiger partial charge in [-0.1, -0.05) is 35.9 Å². The zero-order valence-electron chi connectivity index (χ0n) is 13.7. The summed E-state index contributed by atoms with van der Waals surface area (Å²) < 4.78 is 5.12. The Labute approximate surface area is 150 Å². The van der Waals surface area contributed by atoms with E-state index in [-0.39, 0.29) is 18.9 Å². The molecule has 0 spiro atoms. The lowest BCUT2D eigenvalue weighted by atomic mass is 10.0.